The SMILES string of the molecule is CCCCC(CC)C(N)c1ccc(C(C)(C)C)s1. The van der Waals surface area contributed by atoms with Crippen molar-refractivity contribution in [2.45, 2.75) is 71.8 Å². The molecule has 0 radical (unpaired) electrons. The van der Waals surface area contributed by atoms with E-state index in [1.54, 1.807) is 0 Å². The maximum atomic E-state index is 6.46. The van der Waals surface area contributed by atoms with Crippen LogP contribution in [0.4, 0.5) is 0 Å². The first-order valence-electron chi connectivity index (χ1n) is 7.25. The van der Waals surface area contributed by atoms with Crippen molar-refractivity contribution in [3.05, 3.63) is 21.9 Å². The Balaban J connectivity index is 2.76. The van der Waals surface area contributed by atoms with Gasteiger partial charge in [-0.3, -0.25) is 0 Å². The molecule has 0 saturated heterocycles. The molecule has 1 nitrogen and oxygen atoms in total. The molecule has 1 rings (SSSR count). The Morgan fingerprint density at radius 1 is 1.22 bits per heavy atom. The van der Waals surface area contributed by atoms with Gasteiger partial charge >= 0.3 is 0 Å². The molecule has 2 N–H and O–H groups in total. The maximum absolute atomic E-state index is 6.46. The van der Waals surface area contributed by atoms with E-state index in [9.17, 15) is 0 Å². The van der Waals surface area contributed by atoms with E-state index in [-0.39, 0.29) is 11.5 Å². The molecule has 0 saturated carbocycles. The van der Waals surface area contributed by atoms with Gasteiger partial charge in [0, 0.05) is 15.8 Å². The first kappa shape index (κ1) is 15.7. The normalized spacial score (nSPS) is 15.7. The molecule has 18 heavy (non-hydrogen) atoms. The van der Waals surface area contributed by atoms with Crippen LogP contribution < -0.4 is 5.73 Å². The molecule has 0 aromatic carbocycles. The van der Waals surface area contributed by atoms with Gasteiger partial charge in [-0.25, -0.2) is 0 Å². The van der Waals surface area contributed by atoms with E-state index in [0.717, 1.165) is 0 Å². The quantitative estimate of drug-likeness (QED) is 0.747. The number of rotatable bonds is 6. The van der Waals surface area contributed by atoms with Crippen LogP contribution in [0.1, 0.15) is 76.1 Å². The summed E-state index contributed by atoms with van der Waals surface area (Å²) in [5, 5.41) is 0. The minimum Gasteiger partial charge on any atom is -0.323 e. The predicted octanol–water partition coefficient (Wildman–Crippen LogP) is 5.26. The molecular formula is C16H29NS. The highest BCUT2D eigenvalue weighted by Gasteiger charge is 2.22. The molecule has 0 bridgehead atoms. The van der Waals surface area contributed by atoms with Crippen molar-refractivity contribution < 1.29 is 0 Å². The van der Waals surface area contributed by atoms with Crippen LogP contribution in [-0.4, -0.2) is 0 Å². The van der Waals surface area contributed by atoms with Crippen LogP contribution in [0.15, 0.2) is 12.1 Å². The molecular weight excluding hydrogens is 238 g/mol. The summed E-state index contributed by atoms with van der Waals surface area (Å²) in [6, 6.07) is 4.72. The molecule has 2 heteroatoms. The molecule has 0 aliphatic rings. The van der Waals surface area contributed by atoms with Crippen molar-refractivity contribution in [3.63, 3.8) is 0 Å². The lowest BCUT2D eigenvalue weighted by atomic mass is 9.91. The number of thiophene rings is 1. The summed E-state index contributed by atoms with van der Waals surface area (Å²) in [4.78, 5) is 2.81. The fourth-order valence-electron chi connectivity index (χ4n) is 2.27. The fraction of sp³-hybridized carbons (Fsp3) is 0.750. The van der Waals surface area contributed by atoms with Crippen LogP contribution in [0.5, 0.6) is 0 Å². The van der Waals surface area contributed by atoms with Crippen molar-refractivity contribution in [2.24, 2.45) is 11.7 Å². The zero-order chi connectivity index (χ0) is 13.8. The number of hydrogen-bond acceptors (Lipinski definition) is 2. The molecule has 0 spiro atoms. The minimum atomic E-state index is 0.225. The second-order valence-electron chi connectivity index (χ2n) is 6.29. The van der Waals surface area contributed by atoms with E-state index in [4.69, 9.17) is 5.73 Å². The van der Waals surface area contributed by atoms with Crippen LogP contribution in [0.25, 0.3) is 0 Å². The average Bonchev–Trinajstić information content (AvgIpc) is 2.78. The summed E-state index contributed by atoms with van der Waals surface area (Å²) in [5.74, 6) is 0.636. The van der Waals surface area contributed by atoms with Crippen LogP contribution in [-0.2, 0) is 5.41 Å². The number of hydrogen-bond donors (Lipinski definition) is 1. The van der Waals surface area contributed by atoms with Crippen molar-refractivity contribution in [1.82, 2.24) is 0 Å². The standard InChI is InChI=1S/C16H29NS/c1-6-8-9-12(7-2)15(17)13-10-11-14(18-13)16(3,4)5/h10-12,15H,6-9,17H2,1-5H3. The van der Waals surface area contributed by atoms with Gasteiger partial charge in [0.2, 0.25) is 0 Å². The van der Waals surface area contributed by atoms with Crippen molar-refractivity contribution in [3.8, 4) is 0 Å². The highest BCUT2D eigenvalue weighted by molar-refractivity contribution is 7.12. The Labute approximate surface area is 117 Å². The summed E-state index contributed by atoms with van der Waals surface area (Å²) in [5.41, 5.74) is 6.70. The second-order valence-corrected chi connectivity index (χ2v) is 7.40. The Morgan fingerprint density at radius 2 is 1.89 bits per heavy atom. The van der Waals surface area contributed by atoms with Gasteiger partial charge in [-0.05, 0) is 29.9 Å². The minimum absolute atomic E-state index is 0.225. The third-order valence-corrected chi connectivity index (χ3v) is 5.27. The summed E-state index contributed by atoms with van der Waals surface area (Å²) in [6.07, 6.45) is 5.01. The Bertz CT molecular complexity index is 348. The fourth-order valence-corrected chi connectivity index (χ4v) is 3.43. The molecule has 0 amide bonds. The molecule has 0 aliphatic heterocycles. The monoisotopic (exact) mass is 267 g/mol. The van der Waals surface area contributed by atoms with Crippen LogP contribution in [0.2, 0.25) is 0 Å². The van der Waals surface area contributed by atoms with Gasteiger partial charge in [-0.2, -0.15) is 0 Å². The molecule has 2 unspecified atom stereocenters. The van der Waals surface area contributed by atoms with E-state index in [2.05, 4.69) is 46.8 Å². The first-order chi connectivity index (χ1) is 8.40. The smallest absolute Gasteiger partial charge is 0.0418 e. The molecule has 1 aromatic rings. The number of unbranched alkanes of at least 4 members (excludes halogenated alkanes) is 1. The lowest BCUT2D eigenvalue weighted by Gasteiger charge is -2.22. The summed E-state index contributed by atoms with van der Waals surface area (Å²) >= 11 is 1.90. The third-order valence-electron chi connectivity index (χ3n) is 3.66. The van der Waals surface area contributed by atoms with E-state index in [1.165, 1.54) is 35.4 Å². The van der Waals surface area contributed by atoms with Gasteiger partial charge in [0.15, 0.2) is 0 Å². The first-order valence-corrected chi connectivity index (χ1v) is 8.07. The van der Waals surface area contributed by atoms with Gasteiger partial charge in [-0.1, -0.05) is 53.9 Å². The Morgan fingerprint density at radius 3 is 2.33 bits per heavy atom. The van der Waals surface area contributed by atoms with Gasteiger partial charge in [0.25, 0.3) is 0 Å². The zero-order valence-corrected chi connectivity index (χ0v) is 13.4. The zero-order valence-electron chi connectivity index (χ0n) is 12.6. The van der Waals surface area contributed by atoms with Crippen LogP contribution in [0.3, 0.4) is 0 Å². The van der Waals surface area contributed by atoms with E-state index >= 15 is 0 Å². The van der Waals surface area contributed by atoms with Gasteiger partial charge in [-0.15, -0.1) is 11.3 Å². The molecule has 104 valence electrons. The topological polar surface area (TPSA) is 26.0 Å². The predicted molar refractivity (Wildman–Crippen MR) is 83.3 cm³/mol. The van der Waals surface area contributed by atoms with Gasteiger partial charge in [0.1, 0.15) is 0 Å². The van der Waals surface area contributed by atoms with Crippen molar-refractivity contribution in [1.29, 1.82) is 0 Å². The van der Waals surface area contributed by atoms with E-state index in [1.807, 2.05) is 11.3 Å². The van der Waals surface area contributed by atoms with Crippen LogP contribution >= 0.6 is 11.3 Å². The lowest BCUT2D eigenvalue weighted by Crippen LogP contribution is -2.20. The summed E-state index contributed by atoms with van der Waals surface area (Å²) in [7, 11) is 0. The summed E-state index contributed by atoms with van der Waals surface area (Å²) < 4.78 is 0. The third kappa shape index (κ3) is 4.10. The molecule has 0 fully saturated rings. The van der Waals surface area contributed by atoms with Crippen molar-refractivity contribution >= 4 is 11.3 Å². The molecule has 1 heterocycles. The molecule has 1 aromatic heterocycles. The van der Waals surface area contributed by atoms with E-state index < -0.39 is 0 Å². The summed E-state index contributed by atoms with van der Waals surface area (Å²) in [6.45, 7) is 11.3. The highest BCUT2D eigenvalue weighted by Crippen LogP contribution is 2.35. The maximum Gasteiger partial charge on any atom is 0.0418 e. The average molecular weight is 267 g/mol. The van der Waals surface area contributed by atoms with Gasteiger partial charge < -0.3 is 5.73 Å². The second kappa shape index (κ2) is 6.72. The molecule has 0 aliphatic carbocycles. The largest absolute Gasteiger partial charge is 0.323 e. The Hall–Kier alpha value is -0.340. The number of nitrogens with two attached hydrogens (primary N) is 1. The van der Waals surface area contributed by atoms with Crippen LogP contribution in [0, 0.1) is 5.92 Å². The van der Waals surface area contributed by atoms with E-state index in [0.29, 0.717) is 5.92 Å². The molecule has 2 atom stereocenters. The Kier molecular flexibility index (Phi) is 5.87. The van der Waals surface area contributed by atoms with Crippen molar-refractivity contribution in [2.75, 3.05) is 0 Å². The van der Waals surface area contributed by atoms with Gasteiger partial charge in [0.05, 0.1) is 0 Å². The lowest BCUT2D eigenvalue weighted by molar-refractivity contribution is 0.382. The highest BCUT2D eigenvalue weighted by atomic mass is 32.1.